The second kappa shape index (κ2) is 11.5. The summed E-state index contributed by atoms with van der Waals surface area (Å²) in [5.74, 6) is -2.29. The number of hydrogen-bond acceptors (Lipinski definition) is 5. The maximum atomic E-state index is 12.8. The summed E-state index contributed by atoms with van der Waals surface area (Å²) in [7, 11) is 3.61. The Bertz CT molecular complexity index is 878. The summed E-state index contributed by atoms with van der Waals surface area (Å²) in [5.41, 5.74) is 0.907. The third-order valence-corrected chi connectivity index (χ3v) is 6.34. The molecule has 8 nitrogen and oxygen atoms in total. The lowest BCUT2D eigenvalue weighted by molar-refractivity contribution is -0.192. The number of benzene rings is 1. The Hall–Kier alpha value is -2.82. The maximum Gasteiger partial charge on any atom is 0.490 e. The standard InChI is InChI=1S/C21H31N3O3.C2HF3O2/c1-22(2)20(27)16-24-12-5-9-21(24)8-4-11-23(13-10-21)19(26)15-17-6-3-7-18(25)14-17;3-2(4,5)1(6)7/h3,6-7,14,25H,4-5,8-13,15-16H2,1-2H3;(H,6,7). The van der Waals surface area contributed by atoms with Crippen molar-refractivity contribution in [1.29, 1.82) is 0 Å². The highest BCUT2D eigenvalue weighted by Gasteiger charge is 2.43. The number of aromatic hydroxyl groups is 1. The number of hydrogen-bond donors (Lipinski definition) is 2. The van der Waals surface area contributed by atoms with Gasteiger partial charge in [-0.2, -0.15) is 13.2 Å². The van der Waals surface area contributed by atoms with Gasteiger partial charge in [-0.1, -0.05) is 12.1 Å². The molecule has 2 aliphatic rings. The van der Waals surface area contributed by atoms with Gasteiger partial charge in [-0.15, -0.1) is 0 Å². The Labute approximate surface area is 196 Å². The summed E-state index contributed by atoms with van der Waals surface area (Å²) >= 11 is 0. The van der Waals surface area contributed by atoms with E-state index in [0.29, 0.717) is 13.0 Å². The van der Waals surface area contributed by atoms with Gasteiger partial charge < -0.3 is 20.0 Å². The van der Waals surface area contributed by atoms with Crippen LogP contribution in [0, 0.1) is 0 Å². The number of nitrogens with zero attached hydrogens (tertiary/aromatic N) is 3. The van der Waals surface area contributed by atoms with Crippen LogP contribution in [-0.2, 0) is 20.8 Å². The SMILES string of the molecule is CN(C)C(=O)CN1CCCC12CCCN(C(=O)Cc1cccc(O)c1)CC2.O=C(O)C(F)(F)F. The van der Waals surface area contributed by atoms with Crippen molar-refractivity contribution in [3.8, 4) is 5.75 Å². The van der Waals surface area contributed by atoms with Crippen molar-refractivity contribution < 1.29 is 37.8 Å². The van der Waals surface area contributed by atoms with E-state index in [2.05, 4.69) is 4.90 Å². The zero-order valence-corrected chi connectivity index (χ0v) is 19.5. The molecule has 1 aromatic carbocycles. The summed E-state index contributed by atoms with van der Waals surface area (Å²) < 4.78 is 31.7. The van der Waals surface area contributed by atoms with Gasteiger partial charge in [-0.3, -0.25) is 14.5 Å². The predicted octanol–water partition coefficient (Wildman–Crippen LogP) is 2.50. The smallest absolute Gasteiger partial charge is 0.490 e. The van der Waals surface area contributed by atoms with Crippen LogP contribution >= 0.6 is 0 Å². The molecule has 1 aromatic rings. The fraction of sp³-hybridized carbons (Fsp3) is 0.609. The van der Waals surface area contributed by atoms with E-state index < -0.39 is 12.1 Å². The summed E-state index contributed by atoms with van der Waals surface area (Å²) in [5, 5.41) is 16.7. The van der Waals surface area contributed by atoms with Crippen LogP contribution in [-0.4, -0.2) is 94.7 Å². The number of likely N-dealkylation sites (N-methyl/N-ethyl adjacent to an activating group) is 1. The van der Waals surface area contributed by atoms with E-state index >= 15 is 0 Å². The molecule has 2 aliphatic heterocycles. The summed E-state index contributed by atoms with van der Waals surface area (Å²) in [4.78, 5) is 39.8. The first-order chi connectivity index (χ1) is 15.8. The molecular formula is C23H32F3N3O5. The van der Waals surface area contributed by atoms with Crippen molar-refractivity contribution in [2.75, 3.05) is 40.3 Å². The number of likely N-dealkylation sites (tertiary alicyclic amines) is 2. The second-order valence-corrected chi connectivity index (χ2v) is 8.92. The lowest BCUT2D eigenvalue weighted by atomic mass is 9.87. The van der Waals surface area contributed by atoms with Crippen molar-refractivity contribution in [3.63, 3.8) is 0 Å². The zero-order valence-electron chi connectivity index (χ0n) is 19.5. The molecule has 2 N–H and O–H groups in total. The van der Waals surface area contributed by atoms with Crippen LogP contribution in [0.5, 0.6) is 5.75 Å². The van der Waals surface area contributed by atoms with Crippen LogP contribution in [0.25, 0.3) is 0 Å². The van der Waals surface area contributed by atoms with Crippen molar-refractivity contribution in [3.05, 3.63) is 29.8 Å². The number of carbonyl (C=O) groups is 3. The highest BCUT2D eigenvalue weighted by molar-refractivity contribution is 5.79. The van der Waals surface area contributed by atoms with E-state index in [1.165, 1.54) is 0 Å². The molecule has 0 saturated carbocycles. The Morgan fingerprint density at radius 1 is 1.06 bits per heavy atom. The predicted molar refractivity (Wildman–Crippen MR) is 118 cm³/mol. The van der Waals surface area contributed by atoms with E-state index in [0.717, 1.165) is 57.3 Å². The molecule has 2 saturated heterocycles. The van der Waals surface area contributed by atoms with Crippen molar-refractivity contribution >= 4 is 17.8 Å². The Balaban J connectivity index is 0.000000509. The maximum absolute atomic E-state index is 12.8. The molecule has 1 spiro atoms. The number of carboxylic acid groups (broad SMARTS) is 1. The third kappa shape index (κ3) is 7.61. The van der Waals surface area contributed by atoms with Crippen molar-refractivity contribution in [1.82, 2.24) is 14.7 Å². The van der Waals surface area contributed by atoms with Crippen LogP contribution in [0.15, 0.2) is 24.3 Å². The Kier molecular flexibility index (Phi) is 9.31. The number of phenolic OH excluding ortho intramolecular Hbond substituents is 1. The third-order valence-electron chi connectivity index (χ3n) is 6.34. The largest absolute Gasteiger partial charge is 0.508 e. The van der Waals surface area contributed by atoms with Gasteiger partial charge in [-0.25, -0.2) is 4.79 Å². The van der Waals surface area contributed by atoms with Gasteiger partial charge in [-0.05, 0) is 56.3 Å². The van der Waals surface area contributed by atoms with Gasteiger partial charge >= 0.3 is 12.1 Å². The number of rotatable bonds is 4. The molecule has 2 fully saturated rings. The van der Waals surface area contributed by atoms with E-state index in [-0.39, 0.29) is 23.1 Å². The highest BCUT2D eigenvalue weighted by atomic mass is 19.4. The normalized spacial score (nSPS) is 20.9. The van der Waals surface area contributed by atoms with Gasteiger partial charge in [0, 0.05) is 32.7 Å². The number of halogens is 3. The van der Waals surface area contributed by atoms with Crippen LogP contribution in [0.3, 0.4) is 0 Å². The van der Waals surface area contributed by atoms with Crippen LogP contribution in [0.4, 0.5) is 13.2 Å². The molecule has 3 rings (SSSR count). The average Bonchev–Trinajstić information content (AvgIpc) is 2.98. The van der Waals surface area contributed by atoms with Crippen molar-refractivity contribution in [2.45, 2.75) is 50.2 Å². The number of phenols is 1. The average molecular weight is 488 g/mol. The minimum Gasteiger partial charge on any atom is -0.508 e. The molecule has 11 heteroatoms. The molecule has 2 heterocycles. The van der Waals surface area contributed by atoms with Crippen molar-refractivity contribution in [2.24, 2.45) is 0 Å². The first-order valence-corrected chi connectivity index (χ1v) is 11.1. The van der Waals surface area contributed by atoms with Crippen LogP contribution in [0.1, 0.15) is 37.7 Å². The van der Waals surface area contributed by atoms with Gasteiger partial charge in [0.25, 0.3) is 0 Å². The molecule has 190 valence electrons. The fourth-order valence-corrected chi connectivity index (χ4v) is 4.49. The Morgan fingerprint density at radius 2 is 1.68 bits per heavy atom. The molecule has 2 amide bonds. The number of aliphatic carboxylic acids is 1. The molecule has 1 atom stereocenters. The van der Waals surface area contributed by atoms with Crippen LogP contribution < -0.4 is 0 Å². The topological polar surface area (TPSA) is 101 Å². The highest BCUT2D eigenvalue weighted by Crippen LogP contribution is 2.38. The molecule has 1 unspecified atom stereocenters. The minimum absolute atomic E-state index is 0.0612. The van der Waals surface area contributed by atoms with Crippen LogP contribution in [0.2, 0.25) is 0 Å². The summed E-state index contributed by atoms with van der Waals surface area (Å²) in [6.45, 7) is 2.96. The molecule has 0 aromatic heterocycles. The first kappa shape index (κ1) is 27.4. The number of alkyl halides is 3. The van der Waals surface area contributed by atoms with E-state index in [4.69, 9.17) is 9.90 Å². The van der Waals surface area contributed by atoms with Gasteiger partial charge in [0.15, 0.2) is 0 Å². The molecule has 0 aliphatic carbocycles. The van der Waals surface area contributed by atoms with E-state index in [1.807, 2.05) is 11.0 Å². The van der Waals surface area contributed by atoms with Gasteiger partial charge in [0.05, 0.1) is 13.0 Å². The molecular weight excluding hydrogens is 455 g/mol. The fourth-order valence-electron chi connectivity index (χ4n) is 4.49. The quantitative estimate of drug-likeness (QED) is 0.677. The lowest BCUT2D eigenvalue weighted by Crippen LogP contribution is -2.48. The number of carboxylic acids is 1. The molecule has 0 radical (unpaired) electrons. The molecule has 34 heavy (non-hydrogen) atoms. The summed E-state index contributed by atoms with van der Waals surface area (Å²) in [6, 6.07) is 6.92. The summed E-state index contributed by atoms with van der Waals surface area (Å²) in [6.07, 6.45) is 0.423. The second-order valence-electron chi connectivity index (χ2n) is 8.92. The molecule has 0 bridgehead atoms. The van der Waals surface area contributed by atoms with Gasteiger partial charge in [0.1, 0.15) is 5.75 Å². The first-order valence-electron chi connectivity index (χ1n) is 11.1. The monoisotopic (exact) mass is 487 g/mol. The van der Waals surface area contributed by atoms with Gasteiger partial charge in [0.2, 0.25) is 11.8 Å². The number of amides is 2. The van der Waals surface area contributed by atoms with E-state index in [1.54, 1.807) is 37.2 Å². The minimum atomic E-state index is -5.08. The Morgan fingerprint density at radius 3 is 2.24 bits per heavy atom. The van der Waals surface area contributed by atoms with E-state index in [9.17, 15) is 27.9 Å². The lowest BCUT2D eigenvalue weighted by Gasteiger charge is -2.38. The zero-order chi connectivity index (χ0) is 25.5. The number of carbonyl (C=O) groups excluding carboxylic acids is 2.